The van der Waals surface area contributed by atoms with Gasteiger partial charge in [-0.2, -0.15) is 0 Å². The van der Waals surface area contributed by atoms with E-state index in [-0.39, 0.29) is 16.9 Å². The molecular formula is C25H38O8. The maximum Gasteiger partial charge on any atom is 0.335 e. The van der Waals surface area contributed by atoms with Crippen molar-refractivity contribution in [1.82, 2.24) is 0 Å². The van der Waals surface area contributed by atoms with E-state index in [1.54, 1.807) is 0 Å². The zero-order valence-corrected chi connectivity index (χ0v) is 19.6. The highest BCUT2D eigenvalue weighted by atomic mass is 16.7. The number of carboxylic acids is 1. The van der Waals surface area contributed by atoms with Gasteiger partial charge in [-0.15, -0.1) is 0 Å². The van der Waals surface area contributed by atoms with Crippen molar-refractivity contribution in [2.45, 2.75) is 108 Å². The first-order valence-corrected chi connectivity index (χ1v) is 12.7. The summed E-state index contributed by atoms with van der Waals surface area (Å²) in [5, 5.41) is 39.6. The first-order valence-electron chi connectivity index (χ1n) is 12.7. The van der Waals surface area contributed by atoms with E-state index in [1.807, 2.05) is 0 Å². The quantitative estimate of drug-likeness (QED) is 0.463. The SMILES string of the molecule is C[C@]12CC[C@@H](OC3O[C@H](C(=O)O)[C@@H](O)[C@H](O)[C@H]3O)C[C@H]1CC[C@@H]1[C@@H]2CC[C@]2(C)C(=O)CC[C@@H]12. The zero-order valence-electron chi connectivity index (χ0n) is 19.6. The van der Waals surface area contributed by atoms with Gasteiger partial charge >= 0.3 is 5.97 Å². The van der Waals surface area contributed by atoms with E-state index in [0.29, 0.717) is 29.5 Å². The summed E-state index contributed by atoms with van der Waals surface area (Å²) in [4.78, 5) is 24.0. The minimum absolute atomic E-state index is 0.120. The summed E-state index contributed by atoms with van der Waals surface area (Å²) in [6.07, 6.45) is 0.719. The fourth-order valence-corrected chi connectivity index (χ4v) is 8.47. The largest absolute Gasteiger partial charge is 0.479 e. The van der Waals surface area contributed by atoms with Gasteiger partial charge in [0.25, 0.3) is 0 Å². The van der Waals surface area contributed by atoms with Gasteiger partial charge in [0.05, 0.1) is 6.10 Å². The summed E-state index contributed by atoms with van der Waals surface area (Å²) in [7, 11) is 0. The standard InChI is InChI=1S/C25H38O8/c1-24-9-7-13(32-23-20(29)18(27)19(28)21(33-23)22(30)31)11-12(24)3-4-14-15-5-6-17(26)25(15,2)10-8-16(14)24/h12-16,18-21,23,27-29H,3-11H2,1-2H3,(H,30,31)/t12-,13-,14+,15+,16+,18+,19+,20-,21+,23?,24+,25+/m1/s1. The van der Waals surface area contributed by atoms with E-state index in [9.17, 15) is 30.0 Å². The molecule has 1 aliphatic heterocycles. The molecule has 8 nitrogen and oxygen atoms in total. The molecule has 5 rings (SSSR count). The van der Waals surface area contributed by atoms with E-state index in [0.717, 1.165) is 57.8 Å². The van der Waals surface area contributed by atoms with Gasteiger partial charge in [0.15, 0.2) is 12.4 Å². The Hall–Kier alpha value is -1.06. The Morgan fingerprint density at radius 2 is 1.73 bits per heavy atom. The van der Waals surface area contributed by atoms with Crippen LogP contribution in [0.15, 0.2) is 0 Å². The molecule has 1 heterocycles. The van der Waals surface area contributed by atoms with Crippen molar-refractivity contribution in [1.29, 1.82) is 0 Å². The molecule has 0 spiro atoms. The van der Waals surface area contributed by atoms with Crippen LogP contribution in [0.1, 0.15) is 71.6 Å². The van der Waals surface area contributed by atoms with E-state index < -0.39 is 36.7 Å². The summed E-state index contributed by atoms with van der Waals surface area (Å²) in [5.74, 6) is 1.28. The van der Waals surface area contributed by atoms with Gasteiger partial charge in [0.2, 0.25) is 0 Å². The summed E-state index contributed by atoms with van der Waals surface area (Å²) in [6.45, 7) is 4.62. The number of ether oxygens (including phenoxy) is 2. The molecule has 4 N–H and O–H groups in total. The van der Waals surface area contributed by atoms with Crippen LogP contribution in [0.4, 0.5) is 0 Å². The number of ketones is 1. The normalized spacial score (nSPS) is 54.3. The Morgan fingerprint density at radius 3 is 2.45 bits per heavy atom. The van der Waals surface area contributed by atoms with Gasteiger partial charge < -0.3 is 29.9 Å². The van der Waals surface area contributed by atoms with Crippen LogP contribution in [-0.2, 0) is 19.1 Å². The third-order valence-corrected chi connectivity index (χ3v) is 10.5. The topological polar surface area (TPSA) is 134 Å². The number of rotatable bonds is 3. The fourth-order valence-electron chi connectivity index (χ4n) is 8.47. The van der Waals surface area contributed by atoms with Crippen LogP contribution in [0, 0.1) is 34.5 Å². The van der Waals surface area contributed by atoms with E-state index >= 15 is 0 Å². The predicted octanol–water partition coefficient (Wildman–Crippen LogP) is 1.88. The highest BCUT2D eigenvalue weighted by molar-refractivity contribution is 5.87. The van der Waals surface area contributed by atoms with E-state index in [4.69, 9.17) is 9.47 Å². The zero-order chi connectivity index (χ0) is 23.7. The second kappa shape index (κ2) is 8.26. The predicted molar refractivity (Wildman–Crippen MR) is 116 cm³/mol. The van der Waals surface area contributed by atoms with E-state index in [2.05, 4.69) is 13.8 Å². The van der Waals surface area contributed by atoms with Gasteiger partial charge in [0, 0.05) is 11.8 Å². The Bertz CT molecular complexity index is 801. The molecular weight excluding hydrogens is 428 g/mol. The lowest BCUT2D eigenvalue weighted by atomic mass is 9.45. The summed E-state index contributed by atoms with van der Waals surface area (Å²) < 4.78 is 11.4. The average Bonchev–Trinajstić information content (AvgIpc) is 3.08. The van der Waals surface area contributed by atoms with Crippen LogP contribution in [-0.4, -0.2) is 69.0 Å². The van der Waals surface area contributed by atoms with Crippen molar-refractivity contribution in [3.8, 4) is 0 Å². The Balaban J connectivity index is 1.26. The third-order valence-electron chi connectivity index (χ3n) is 10.5. The number of Topliss-reactive ketones (excluding diaryl/α,β-unsaturated/α-hetero) is 1. The maximum absolute atomic E-state index is 12.6. The number of carbonyl (C=O) groups excluding carboxylic acids is 1. The number of aliphatic hydroxyl groups is 3. The summed E-state index contributed by atoms with van der Waals surface area (Å²) in [6, 6.07) is 0. The second-order valence-corrected chi connectivity index (χ2v) is 11.8. The number of hydrogen-bond donors (Lipinski definition) is 4. The Kier molecular flexibility index (Phi) is 5.93. The van der Waals surface area contributed by atoms with Crippen molar-refractivity contribution in [3.05, 3.63) is 0 Å². The second-order valence-electron chi connectivity index (χ2n) is 11.8. The molecule has 8 heteroatoms. The summed E-state index contributed by atoms with van der Waals surface area (Å²) >= 11 is 0. The molecule has 0 aromatic rings. The van der Waals surface area contributed by atoms with Gasteiger partial charge in [-0.3, -0.25) is 4.79 Å². The first-order chi connectivity index (χ1) is 15.6. The van der Waals surface area contributed by atoms with Gasteiger partial charge in [-0.1, -0.05) is 13.8 Å². The summed E-state index contributed by atoms with van der Waals surface area (Å²) in [5.41, 5.74) is 0.0757. The Morgan fingerprint density at radius 1 is 0.970 bits per heavy atom. The molecule has 0 aromatic carbocycles. The number of carbonyl (C=O) groups is 2. The monoisotopic (exact) mass is 466 g/mol. The molecule has 0 amide bonds. The molecule has 0 radical (unpaired) electrons. The average molecular weight is 467 g/mol. The molecule has 4 saturated carbocycles. The van der Waals surface area contributed by atoms with Crippen LogP contribution in [0.3, 0.4) is 0 Å². The molecule has 186 valence electrons. The van der Waals surface area contributed by atoms with Crippen LogP contribution in [0.5, 0.6) is 0 Å². The van der Waals surface area contributed by atoms with Crippen molar-refractivity contribution < 1.29 is 39.5 Å². The highest BCUT2D eigenvalue weighted by Gasteiger charge is 2.60. The number of aliphatic hydroxyl groups excluding tert-OH is 3. The molecule has 4 aliphatic carbocycles. The number of fused-ring (bicyclic) bond motifs is 5. The molecule has 33 heavy (non-hydrogen) atoms. The van der Waals surface area contributed by atoms with Gasteiger partial charge in [-0.05, 0) is 80.5 Å². The van der Waals surface area contributed by atoms with Crippen LogP contribution >= 0.6 is 0 Å². The molecule has 5 aliphatic rings. The third kappa shape index (κ3) is 3.59. The van der Waals surface area contributed by atoms with Crippen molar-refractivity contribution >= 4 is 11.8 Å². The van der Waals surface area contributed by atoms with Gasteiger partial charge in [0.1, 0.15) is 24.1 Å². The molecule has 1 unspecified atom stereocenters. The van der Waals surface area contributed by atoms with Gasteiger partial charge in [-0.25, -0.2) is 4.79 Å². The van der Waals surface area contributed by atoms with Crippen LogP contribution in [0.25, 0.3) is 0 Å². The maximum atomic E-state index is 12.6. The fraction of sp³-hybridized carbons (Fsp3) is 0.920. The molecule has 0 aromatic heterocycles. The van der Waals surface area contributed by atoms with E-state index in [1.165, 1.54) is 0 Å². The van der Waals surface area contributed by atoms with Crippen molar-refractivity contribution in [2.75, 3.05) is 0 Å². The minimum atomic E-state index is -1.71. The minimum Gasteiger partial charge on any atom is -0.479 e. The number of aliphatic carboxylic acids is 1. The molecule has 1 saturated heterocycles. The molecule has 5 fully saturated rings. The van der Waals surface area contributed by atoms with Crippen LogP contribution in [0.2, 0.25) is 0 Å². The highest BCUT2D eigenvalue weighted by Crippen LogP contribution is 2.65. The molecule has 12 atom stereocenters. The number of carboxylic acid groups (broad SMARTS) is 1. The molecule has 0 bridgehead atoms. The van der Waals surface area contributed by atoms with Crippen molar-refractivity contribution in [2.24, 2.45) is 34.5 Å². The lowest BCUT2D eigenvalue weighted by Crippen LogP contribution is -2.61. The lowest BCUT2D eigenvalue weighted by Gasteiger charge is -2.60. The lowest BCUT2D eigenvalue weighted by molar-refractivity contribution is -0.309. The van der Waals surface area contributed by atoms with Crippen LogP contribution < -0.4 is 0 Å². The number of hydrogen-bond acceptors (Lipinski definition) is 7. The smallest absolute Gasteiger partial charge is 0.335 e. The Labute approximate surface area is 194 Å². The van der Waals surface area contributed by atoms with Crippen molar-refractivity contribution in [3.63, 3.8) is 0 Å². The first kappa shape index (κ1) is 23.7.